The number of nitrogens with zero attached hydrogens (tertiary/aromatic N) is 1. The van der Waals surface area contributed by atoms with Crippen molar-refractivity contribution in [1.82, 2.24) is 20.9 Å². The van der Waals surface area contributed by atoms with Gasteiger partial charge in [0.1, 0.15) is 18.9 Å². The van der Waals surface area contributed by atoms with Gasteiger partial charge in [-0.1, -0.05) is 0 Å². The van der Waals surface area contributed by atoms with Gasteiger partial charge in [0.25, 0.3) is 0 Å². The Morgan fingerprint density at radius 3 is 2.71 bits per heavy atom. The first-order valence-electron chi connectivity index (χ1n) is 4.00. The van der Waals surface area contributed by atoms with E-state index in [1.165, 1.54) is 4.90 Å². The first kappa shape index (κ1) is 8.60. The summed E-state index contributed by atoms with van der Waals surface area (Å²) in [4.78, 5) is 33.9. The summed E-state index contributed by atoms with van der Waals surface area (Å²) >= 11 is 0. The van der Waals surface area contributed by atoms with Gasteiger partial charge in [0.15, 0.2) is 0 Å². The summed E-state index contributed by atoms with van der Waals surface area (Å²) in [7, 11) is 0. The lowest BCUT2D eigenvalue weighted by Gasteiger charge is -2.18. The number of hydrogen-bond acceptors (Lipinski definition) is 3. The summed E-state index contributed by atoms with van der Waals surface area (Å²) in [5.74, 6) is -0.623. The molecule has 2 atom stereocenters. The van der Waals surface area contributed by atoms with E-state index in [1.807, 2.05) is 0 Å². The van der Waals surface area contributed by atoms with Crippen LogP contribution in [0, 0.1) is 0 Å². The van der Waals surface area contributed by atoms with Crippen molar-refractivity contribution in [3.63, 3.8) is 0 Å². The Labute approximate surface area is 78.8 Å². The van der Waals surface area contributed by atoms with E-state index >= 15 is 0 Å². The topological polar surface area (TPSA) is 117 Å². The van der Waals surface area contributed by atoms with Crippen molar-refractivity contribution in [3.8, 4) is 0 Å². The van der Waals surface area contributed by atoms with Crippen molar-refractivity contribution in [2.75, 3.05) is 6.54 Å². The fraction of sp³-hybridized carbons (Fsp3) is 0.500. The highest BCUT2D eigenvalue weighted by molar-refractivity contribution is 5.88. The monoisotopic (exact) mass is 199 g/mol. The van der Waals surface area contributed by atoms with Crippen molar-refractivity contribution in [2.24, 2.45) is 5.73 Å². The van der Waals surface area contributed by atoms with Crippen LogP contribution in [-0.2, 0) is 4.79 Å². The SMILES string of the molecule is NC(=O)CN1C(=O)N[C@H]2NC(=O)N[C@@H]21. The maximum absolute atomic E-state index is 11.2. The molecule has 76 valence electrons. The molecule has 2 heterocycles. The lowest BCUT2D eigenvalue weighted by Crippen LogP contribution is -2.47. The summed E-state index contributed by atoms with van der Waals surface area (Å²) in [6, 6.07) is -0.805. The lowest BCUT2D eigenvalue weighted by molar-refractivity contribution is -0.118. The fourth-order valence-electron chi connectivity index (χ4n) is 1.53. The van der Waals surface area contributed by atoms with Crippen molar-refractivity contribution in [2.45, 2.75) is 12.3 Å². The zero-order chi connectivity index (χ0) is 10.3. The Morgan fingerprint density at radius 2 is 2.07 bits per heavy atom. The molecule has 2 rings (SSSR count). The average molecular weight is 199 g/mol. The van der Waals surface area contributed by atoms with Crippen molar-refractivity contribution in [3.05, 3.63) is 0 Å². The third kappa shape index (κ3) is 1.20. The third-order valence-corrected chi connectivity index (χ3v) is 2.08. The van der Waals surface area contributed by atoms with Crippen LogP contribution in [-0.4, -0.2) is 41.7 Å². The van der Waals surface area contributed by atoms with Crippen LogP contribution in [0.15, 0.2) is 0 Å². The summed E-state index contributed by atoms with van der Waals surface area (Å²) in [6.07, 6.45) is -1.03. The van der Waals surface area contributed by atoms with Gasteiger partial charge >= 0.3 is 12.1 Å². The highest BCUT2D eigenvalue weighted by atomic mass is 16.2. The fourth-order valence-corrected chi connectivity index (χ4v) is 1.53. The van der Waals surface area contributed by atoms with Gasteiger partial charge in [0.05, 0.1) is 0 Å². The van der Waals surface area contributed by atoms with Crippen LogP contribution in [0.3, 0.4) is 0 Å². The molecule has 2 aliphatic rings. The van der Waals surface area contributed by atoms with E-state index in [1.54, 1.807) is 0 Å². The molecule has 8 nitrogen and oxygen atoms in total. The third-order valence-electron chi connectivity index (χ3n) is 2.08. The molecular weight excluding hydrogens is 190 g/mol. The van der Waals surface area contributed by atoms with Gasteiger partial charge in [-0.2, -0.15) is 0 Å². The number of fused-ring (bicyclic) bond motifs is 1. The molecule has 2 aliphatic heterocycles. The maximum Gasteiger partial charge on any atom is 0.321 e. The normalized spacial score (nSPS) is 29.3. The Morgan fingerprint density at radius 1 is 1.36 bits per heavy atom. The Hall–Kier alpha value is -1.99. The maximum atomic E-state index is 11.2. The molecule has 5 N–H and O–H groups in total. The Balaban J connectivity index is 2.12. The van der Waals surface area contributed by atoms with Gasteiger partial charge in [-0.3, -0.25) is 9.69 Å². The van der Waals surface area contributed by atoms with Crippen LogP contribution in [0.5, 0.6) is 0 Å². The van der Waals surface area contributed by atoms with Crippen LogP contribution < -0.4 is 21.7 Å². The second-order valence-corrected chi connectivity index (χ2v) is 3.08. The molecule has 0 aliphatic carbocycles. The molecule has 5 amide bonds. The molecule has 2 fully saturated rings. The van der Waals surface area contributed by atoms with Crippen molar-refractivity contribution in [1.29, 1.82) is 0 Å². The molecule has 14 heavy (non-hydrogen) atoms. The number of nitrogens with one attached hydrogen (secondary N) is 3. The molecule has 0 bridgehead atoms. The minimum absolute atomic E-state index is 0.213. The van der Waals surface area contributed by atoms with Crippen LogP contribution in [0.2, 0.25) is 0 Å². The zero-order valence-electron chi connectivity index (χ0n) is 7.11. The number of rotatable bonds is 2. The standard InChI is InChI=1S/C6H9N5O3/c7-2(12)1-11-4-3(9-6(11)14)8-5(13)10-4/h3-4H,1H2,(H2,7,12)(H,9,14)(H2,8,10,13)/t3-,4-/m1/s1. The number of carbonyl (C=O) groups is 3. The van der Waals surface area contributed by atoms with Gasteiger partial charge in [0, 0.05) is 0 Å². The molecule has 0 saturated carbocycles. The van der Waals surface area contributed by atoms with Gasteiger partial charge in [-0.15, -0.1) is 0 Å². The number of urea groups is 2. The molecule has 0 unspecified atom stereocenters. The summed E-state index contributed by atoms with van der Waals surface area (Å²) in [5.41, 5.74) is 4.96. The first-order chi connectivity index (χ1) is 6.58. The van der Waals surface area contributed by atoms with E-state index in [2.05, 4.69) is 16.0 Å². The molecular formula is C6H9N5O3. The van der Waals surface area contributed by atoms with Crippen LogP contribution in [0.1, 0.15) is 0 Å². The molecule has 0 spiro atoms. The minimum atomic E-state index is -0.623. The van der Waals surface area contributed by atoms with E-state index in [-0.39, 0.29) is 12.6 Å². The minimum Gasteiger partial charge on any atom is -0.368 e. The number of amides is 5. The van der Waals surface area contributed by atoms with Crippen LogP contribution in [0.25, 0.3) is 0 Å². The second-order valence-electron chi connectivity index (χ2n) is 3.08. The number of hydrogen-bond donors (Lipinski definition) is 4. The van der Waals surface area contributed by atoms with Crippen molar-refractivity contribution >= 4 is 18.0 Å². The Bertz CT molecular complexity index is 317. The van der Waals surface area contributed by atoms with E-state index < -0.39 is 24.3 Å². The van der Waals surface area contributed by atoms with Crippen molar-refractivity contribution < 1.29 is 14.4 Å². The zero-order valence-corrected chi connectivity index (χ0v) is 7.11. The smallest absolute Gasteiger partial charge is 0.321 e. The largest absolute Gasteiger partial charge is 0.368 e. The quantitative estimate of drug-likeness (QED) is 0.392. The van der Waals surface area contributed by atoms with Gasteiger partial charge in [0.2, 0.25) is 5.91 Å². The van der Waals surface area contributed by atoms with E-state index in [0.717, 1.165) is 0 Å². The van der Waals surface area contributed by atoms with E-state index in [0.29, 0.717) is 0 Å². The average Bonchev–Trinajstić information content (AvgIpc) is 2.51. The predicted octanol–water partition coefficient (Wildman–Crippen LogP) is -2.54. The lowest BCUT2D eigenvalue weighted by atomic mass is 10.4. The number of primary amides is 1. The molecule has 0 radical (unpaired) electrons. The number of nitrogens with two attached hydrogens (primary N) is 1. The summed E-state index contributed by atoms with van der Waals surface area (Å²) < 4.78 is 0. The summed E-state index contributed by atoms with van der Waals surface area (Å²) in [6.45, 7) is -0.213. The van der Waals surface area contributed by atoms with Crippen LogP contribution >= 0.6 is 0 Å². The number of carbonyl (C=O) groups excluding carboxylic acids is 3. The predicted molar refractivity (Wildman–Crippen MR) is 43.7 cm³/mol. The Kier molecular flexibility index (Phi) is 1.69. The van der Waals surface area contributed by atoms with E-state index in [4.69, 9.17) is 5.73 Å². The highest BCUT2D eigenvalue weighted by Crippen LogP contribution is 2.12. The molecule has 2 saturated heterocycles. The van der Waals surface area contributed by atoms with Gasteiger partial charge < -0.3 is 21.7 Å². The molecule has 0 aromatic carbocycles. The second kappa shape index (κ2) is 2.76. The van der Waals surface area contributed by atoms with E-state index in [9.17, 15) is 14.4 Å². The van der Waals surface area contributed by atoms with Gasteiger partial charge in [-0.05, 0) is 0 Å². The van der Waals surface area contributed by atoms with Gasteiger partial charge in [-0.25, -0.2) is 9.59 Å². The highest BCUT2D eigenvalue weighted by Gasteiger charge is 2.45. The summed E-state index contributed by atoms with van der Waals surface area (Å²) in [5, 5.41) is 7.45. The molecule has 0 aromatic heterocycles. The first-order valence-corrected chi connectivity index (χ1v) is 4.00. The molecule has 0 aromatic rings. The van der Waals surface area contributed by atoms with Crippen LogP contribution in [0.4, 0.5) is 9.59 Å². The molecule has 8 heteroatoms.